The highest BCUT2D eigenvalue weighted by Gasteiger charge is 2.39. The summed E-state index contributed by atoms with van der Waals surface area (Å²) in [6.07, 6.45) is 0.818. The van der Waals surface area contributed by atoms with Crippen LogP contribution in [0.15, 0.2) is 18.2 Å². The van der Waals surface area contributed by atoms with Gasteiger partial charge in [0.05, 0.1) is 5.41 Å². The van der Waals surface area contributed by atoms with Crippen LogP contribution in [0.4, 0.5) is 14.5 Å². The van der Waals surface area contributed by atoms with Gasteiger partial charge in [-0.25, -0.2) is 13.6 Å². The molecule has 1 aromatic carbocycles. The molecule has 0 aromatic heterocycles. The molecule has 7 heteroatoms. The number of hydroxylamine groups is 2. The maximum atomic E-state index is 13.7. The molecular formula is C18H24F2N2O3. The lowest BCUT2D eigenvalue weighted by Gasteiger charge is -2.37. The number of hydrogen-bond acceptors (Lipinski definition) is 4. The normalized spacial score (nSPS) is 17.8. The summed E-state index contributed by atoms with van der Waals surface area (Å²) in [4.78, 5) is 29.8. The quantitative estimate of drug-likeness (QED) is 0.902. The van der Waals surface area contributed by atoms with E-state index < -0.39 is 34.1 Å². The first-order chi connectivity index (χ1) is 11.5. The summed E-state index contributed by atoms with van der Waals surface area (Å²) in [5.41, 5.74) is -1.84. The van der Waals surface area contributed by atoms with Crippen LogP contribution in [0.3, 0.4) is 0 Å². The lowest BCUT2D eigenvalue weighted by Crippen LogP contribution is -2.46. The predicted octanol–water partition coefficient (Wildman–Crippen LogP) is 3.51. The van der Waals surface area contributed by atoms with Crippen LogP contribution in [0.25, 0.3) is 0 Å². The van der Waals surface area contributed by atoms with Gasteiger partial charge in [0.15, 0.2) is 0 Å². The van der Waals surface area contributed by atoms with Gasteiger partial charge in [0, 0.05) is 18.5 Å². The molecule has 1 amide bonds. The highest BCUT2D eigenvalue weighted by atomic mass is 19.1. The smallest absolute Gasteiger partial charge is 0.330 e. The molecule has 2 rings (SSSR count). The van der Waals surface area contributed by atoms with Crippen LogP contribution in [0.1, 0.15) is 40.5 Å². The molecular weight excluding hydrogens is 330 g/mol. The number of benzene rings is 1. The van der Waals surface area contributed by atoms with E-state index in [0.717, 1.165) is 12.1 Å². The second kappa shape index (κ2) is 7.07. The molecule has 0 saturated carbocycles. The number of hydrogen-bond donors (Lipinski definition) is 1. The highest BCUT2D eigenvalue weighted by Crippen LogP contribution is 2.33. The fourth-order valence-electron chi connectivity index (χ4n) is 2.43. The number of anilines is 1. The summed E-state index contributed by atoms with van der Waals surface area (Å²) >= 11 is 0. The molecule has 0 bridgehead atoms. The standard InChI is InChI=1S/C18H24F2N2O3/c1-17(2,3)16(24)25-22-10-8-18(4,9-11-22)15(23)21-14-12(19)6-5-7-13(14)20/h5-7H,8-11H2,1-4H3,(H,21,23). The van der Waals surface area contributed by atoms with Crippen LogP contribution in [-0.2, 0) is 14.4 Å². The van der Waals surface area contributed by atoms with E-state index in [1.165, 1.54) is 11.1 Å². The second-order valence-corrected chi connectivity index (χ2v) is 7.67. The Kier molecular flexibility index (Phi) is 5.46. The molecule has 0 unspecified atom stereocenters. The van der Waals surface area contributed by atoms with Gasteiger partial charge in [0.2, 0.25) is 5.91 Å². The Labute approximate surface area is 146 Å². The van der Waals surface area contributed by atoms with Gasteiger partial charge in [-0.2, -0.15) is 0 Å². The lowest BCUT2D eigenvalue weighted by molar-refractivity contribution is -0.208. The first-order valence-corrected chi connectivity index (χ1v) is 8.26. The van der Waals surface area contributed by atoms with Gasteiger partial charge >= 0.3 is 5.97 Å². The number of amides is 1. The first kappa shape index (κ1) is 19.3. The number of carbonyl (C=O) groups is 2. The van der Waals surface area contributed by atoms with Crippen molar-refractivity contribution in [2.45, 2.75) is 40.5 Å². The van der Waals surface area contributed by atoms with Gasteiger partial charge in [-0.1, -0.05) is 13.0 Å². The fraction of sp³-hybridized carbons (Fsp3) is 0.556. The summed E-state index contributed by atoms with van der Waals surface area (Å²) in [6.45, 7) is 7.79. The maximum absolute atomic E-state index is 13.7. The van der Waals surface area contributed by atoms with Crippen molar-refractivity contribution >= 4 is 17.6 Å². The molecule has 0 spiro atoms. The molecule has 1 aromatic rings. The lowest BCUT2D eigenvalue weighted by atomic mass is 9.80. The average molecular weight is 354 g/mol. The average Bonchev–Trinajstić information content (AvgIpc) is 2.52. The molecule has 1 aliphatic heterocycles. The van der Waals surface area contributed by atoms with Gasteiger partial charge < -0.3 is 10.2 Å². The summed E-state index contributed by atoms with van der Waals surface area (Å²) in [5.74, 6) is -2.41. The van der Waals surface area contributed by atoms with Crippen molar-refractivity contribution in [3.05, 3.63) is 29.8 Å². The van der Waals surface area contributed by atoms with Gasteiger partial charge in [0.25, 0.3) is 0 Å². The molecule has 5 nitrogen and oxygen atoms in total. The van der Waals surface area contributed by atoms with Crippen molar-refractivity contribution in [2.75, 3.05) is 18.4 Å². The molecule has 1 N–H and O–H groups in total. The van der Waals surface area contributed by atoms with E-state index in [-0.39, 0.29) is 5.97 Å². The monoisotopic (exact) mass is 354 g/mol. The van der Waals surface area contributed by atoms with E-state index in [4.69, 9.17) is 4.84 Å². The molecule has 1 heterocycles. The van der Waals surface area contributed by atoms with Gasteiger partial charge in [0.1, 0.15) is 17.3 Å². The van der Waals surface area contributed by atoms with Crippen molar-refractivity contribution in [3.63, 3.8) is 0 Å². The van der Waals surface area contributed by atoms with E-state index in [1.54, 1.807) is 27.7 Å². The van der Waals surface area contributed by atoms with Crippen LogP contribution in [-0.4, -0.2) is 30.0 Å². The molecule has 0 radical (unpaired) electrons. The summed E-state index contributed by atoms with van der Waals surface area (Å²) in [5, 5.41) is 3.89. The van der Waals surface area contributed by atoms with Gasteiger partial charge in [-0.05, 0) is 45.7 Å². The molecule has 0 atom stereocenters. The number of nitrogens with zero attached hydrogens (tertiary/aromatic N) is 1. The van der Waals surface area contributed by atoms with Crippen LogP contribution in [0.2, 0.25) is 0 Å². The number of rotatable bonds is 3. The minimum absolute atomic E-state index is 0.339. The molecule has 1 fully saturated rings. The van der Waals surface area contributed by atoms with E-state index in [9.17, 15) is 18.4 Å². The fourth-order valence-corrected chi connectivity index (χ4v) is 2.43. The summed E-state index contributed by atoms with van der Waals surface area (Å²) in [6, 6.07) is 3.43. The SMILES string of the molecule is CC(C)(C)C(=O)ON1CCC(C)(C(=O)Nc2c(F)cccc2F)CC1. The Balaban J connectivity index is 1.98. The van der Waals surface area contributed by atoms with Gasteiger partial charge in [-0.3, -0.25) is 4.79 Å². The number of carbonyl (C=O) groups excluding carboxylic acids is 2. The Bertz CT molecular complexity index is 643. The Morgan fingerprint density at radius 2 is 1.68 bits per heavy atom. The van der Waals surface area contributed by atoms with Crippen LogP contribution >= 0.6 is 0 Å². The zero-order chi connectivity index (χ0) is 18.8. The number of para-hydroxylation sites is 1. The van der Waals surface area contributed by atoms with E-state index in [2.05, 4.69) is 5.32 Å². The Morgan fingerprint density at radius 3 is 2.16 bits per heavy atom. The van der Waals surface area contributed by atoms with E-state index in [0.29, 0.717) is 25.9 Å². The number of halogens is 2. The van der Waals surface area contributed by atoms with Crippen molar-refractivity contribution < 1.29 is 23.2 Å². The van der Waals surface area contributed by atoms with E-state index >= 15 is 0 Å². The predicted molar refractivity (Wildman–Crippen MR) is 89.4 cm³/mol. The van der Waals surface area contributed by atoms with Crippen molar-refractivity contribution in [2.24, 2.45) is 10.8 Å². The topological polar surface area (TPSA) is 58.6 Å². The van der Waals surface area contributed by atoms with Crippen LogP contribution < -0.4 is 5.32 Å². The van der Waals surface area contributed by atoms with Crippen molar-refractivity contribution in [1.29, 1.82) is 0 Å². The molecule has 0 aliphatic carbocycles. The maximum Gasteiger partial charge on any atom is 0.330 e. The Morgan fingerprint density at radius 1 is 1.16 bits per heavy atom. The number of nitrogens with one attached hydrogen (secondary N) is 1. The minimum Gasteiger partial charge on any atom is -0.367 e. The zero-order valence-corrected chi connectivity index (χ0v) is 15.0. The van der Waals surface area contributed by atoms with Crippen molar-refractivity contribution in [1.82, 2.24) is 5.06 Å². The molecule has 138 valence electrons. The molecule has 1 aliphatic rings. The number of piperidine rings is 1. The third kappa shape index (κ3) is 4.54. The minimum atomic E-state index is -0.812. The largest absolute Gasteiger partial charge is 0.367 e. The summed E-state index contributed by atoms with van der Waals surface area (Å²) in [7, 11) is 0. The highest BCUT2D eigenvalue weighted by molar-refractivity contribution is 5.95. The Hall–Kier alpha value is -2.02. The molecule has 1 saturated heterocycles. The van der Waals surface area contributed by atoms with Crippen LogP contribution in [0.5, 0.6) is 0 Å². The molecule has 25 heavy (non-hydrogen) atoms. The van der Waals surface area contributed by atoms with Gasteiger partial charge in [-0.15, -0.1) is 5.06 Å². The first-order valence-electron chi connectivity index (χ1n) is 8.26. The third-order valence-corrected chi connectivity index (χ3v) is 4.40. The second-order valence-electron chi connectivity index (χ2n) is 7.67. The zero-order valence-electron chi connectivity index (χ0n) is 15.0. The van der Waals surface area contributed by atoms with Crippen molar-refractivity contribution in [3.8, 4) is 0 Å². The third-order valence-electron chi connectivity index (χ3n) is 4.40. The van der Waals surface area contributed by atoms with E-state index in [1.807, 2.05) is 0 Å². The summed E-state index contributed by atoms with van der Waals surface area (Å²) < 4.78 is 27.4. The van der Waals surface area contributed by atoms with Crippen LogP contribution in [0, 0.1) is 22.5 Å².